The van der Waals surface area contributed by atoms with Crippen LogP contribution in [0.25, 0.3) is 0 Å². The largest absolute Gasteiger partial charge is 0.494 e. The van der Waals surface area contributed by atoms with Gasteiger partial charge < -0.3 is 9.84 Å². The molecule has 0 aliphatic carbocycles. The molecule has 1 N–H and O–H groups in total. The summed E-state index contributed by atoms with van der Waals surface area (Å²) in [6.45, 7) is 7.76. The molecule has 1 fully saturated rings. The van der Waals surface area contributed by atoms with Crippen molar-refractivity contribution in [2.75, 3.05) is 19.7 Å². The van der Waals surface area contributed by atoms with Gasteiger partial charge >= 0.3 is 0 Å². The van der Waals surface area contributed by atoms with Crippen molar-refractivity contribution in [3.63, 3.8) is 0 Å². The number of ether oxygens (including phenoxy) is 1. The van der Waals surface area contributed by atoms with E-state index in [1.807, 2.05) is 19.1 Å². The lowest BCUT2D eigenvalue weighted by atomic mass is 10.0. The molecule has 3 heteroatoms. The normalized spacial score (nSPS) is 18.3. The number of aliphatic hydroxyl groups is 1. The number of nitrogens with zero attached hydrogens (tertiary/aromatic N) is 1. The molecule has 0 amide bonds. The Labute approximate surface area is 116 Å². The van der Waals surface area contributed by atoms with Crippen LogP contribution in [0.5, 0.6) is 5.75 Å². The third-order valence-electron chi connectivity index (χ3n) is 3.71. The van der Waals surface area contributed by atoms with Gasteiger partial charge in [-0.15, -0.1) is 0 Å². The average molecular weight is 263 g/mol. The molecule has 3 nitrogen and oxygen atoms in total. The summed E-state index contributed by atoms with van der Waals surface area (Å²) in [6.07, 6.45) is 3.51. The fraction of sp³-hybridized carbons (Fsp3) is 0.625. The Kier molecular flexibility index (Phi) is 5.23. The minimum atomic E-state index is -0.421. The smallest absolute Gasteiger partial charge is 0.123 e. The molecule has 0 radical (unpaired) electrons. The molecule has 0 spiro atoms. The fourth-order valence-electron chi connectivity index (χ4n) is 2.64. The third kappa shape index (κ3) is 3.95. The first-order valence-electron chi connectivity index (χ1n) is 7.36. The van der Waals surface area contributed by atoms with E-state index in [0.717, 1.165) is 17.9 Å². The molecule has 0 bridgehead atoms. The van der Waals surface area contributed by atoms with E-state index in [0.29, 0.717) is 6.61 Å². The van der Waals surface area contributed by atoms with Crippen LogP contribution in [-0.4, -0.2) is 29.7 Å². The Morgan fingerprint density at radius 1 is 1.26 bits per heavy atom. The van der Waals surface area contributed by atoms with Gasteiger partial charge in [-0.1, -0.05) is 12.5 Å². The lowest BCUT2D eigenvalue weighted by Gasteiger charge is -2.27. The van der Waals surface area contributed by atoms with Crippen LogP contribution in [0.4, 0.5) is 0 Å². The zero-order valence-corrected chi connectivity index (χ0v) is 12.1. The van der Waals surface area contributed by atoms with Gasteiger partial charge in [0.2, 0.25) is 0 Å². The monoisotopic (exact) mass is 263 g/mol. The Morgan fingerprint density at radius 2 is 2.00 bits per heavy atom. The minimum Gasteiger partial charge on any atom is -0.494 e. The van der Waals surface area contributed by atoms with E-state index in [1.165, 1.54) is 37.9 Å². The minimum absolute atomic E-state index is 0.421. The van der Waals surface area contributed by atoms with Crippen molar-refractivity contribution in [3.8, 4) is 5.75 Å². The second kappa shape index (κ2) is 6.92. The van der Waals surface area contributed by atoms with Crippen LogP contribution in [0.2, 0.25) is 0 Å². The number of hydrogen-bond acceptors (Lipinski definition) is 3. The van der Waals surface area contributed by atoms with Crippen molar-refractivity contribution < 1.29 is 9.84 Å². The maximum Gasteiger partial charge on any atom is 0.123 e. The molecule has 1 atom stereocenters. The van der Waals surface area contributed by atoms with Gasteiger partial charge in [0, 0.05) is 12.1 Å². The van der Waals surface area contributed by atoms with E-state index in [-0.39, 0.29) is 0 Å². The van der Waals surface area contributed by atoms with Crippen molar-refractivity contribution >= 4 is 0 Å². The highest BCUT2D eigenvalue weighted by atomic mass is 16.5. The number of piperidine rings is 1. The summed E-state index contributed by atoms with van der Waals surface area (Å²) in [5.74, 6) is 0.956. The number of rotatable bonds is 5. The zero-order chi connectivity index (χ0) is 13.7. The van der Waals surface area contributed by atoms with E-state index in [9.17, 15) is 5.11 Å². The number of likely N-dealkylation sites (tertiary alicyclic amines) is 1. The van der Waals surface area contributed by atoms with Gasteiger partial charge in [0.05, 0.1) is 12.7 Å². The molecule has 1 unspecified atom stereocenters. The molecule has 1 aliphatic rings. The standard InChI is InChI=1S/C16H25NO2/c1-3-19-16-8-7-14(13(2)18)11-15(16)12-17-9-5-4-6-10-17/h7-8,11,13,18H,3-6,9-10,12H2,1-2H3. The third-order valence-corrected chi connectivity index (χ3v) is 3.71. The maximum absolute atomic E-state index is 9.72. The molecule has 19 heavy (non-hydrogen) atoms. The number of hydrogen-bond donors (Lipinski definition) is 1. The molecule has 106 valence electrons. The summed E-state index contributed by atoms with van der Waals surface area (Å²) in [7, 11) is 0. The molecule has 1 heterocycles. The predicted molar refractivity (Wildman–Crippen MR) is 77.4 cm³/mol. The summed E-state index contributed by atoms with van der Waals surface area (Å²) in [6, 6.07) is 6.03. The summed E-state index contributed by atoms with van der Waals surface area (Å²) < 4.78 is 5.70. The molecule has 1 saturated heterocycles. The number of benzene rings is 1. The summed E-state index contributed by atoms with van der Waals surface area (Å²) in [5, 5.41) is 9.72. The SMILES string of the molecule is CCOc1ccc(C(C)O)cc1CN1CCCCC1. The van der Waals surface area contributed by atoms with Gasteiger partial charge in [0.15, 0.2) is 0 Å². The topological polar surface area (TPSA) is 32.7 Å². The molecule has 1 aromatic rings. The highest BCUT2D eigenvalue weighted by molar-refractivity contribution is 5.38. The van der Waals surface area contributed by atoms with E-state index in [2.05, 4.69) is 11.0 Å². The second-order valence-electron chi connectivity index (χ2n) is 5.31. The van der Waals surface area contributed by atoms with Gasteiger partial charge in [0.1, 0.15) is 5.75 Å². The van der Waals surface area contributed by atoms with E-state index >= 15 is 0 Å². The highest BCUT2D eigenvalue weighted by Gasteiger charge is 2.14. The molecule has 1 aliphatic heterocycles. The lowest BCUT2D eigenvalue weighted by molar-refractivity contribution is 0.197. The van der Waals surface area contributed by atoms with Crippen molar-refractivity contribution in [2.45, 2.75) is 45.8 Å². The van der Waals surface area contributed by atoms with Gasteiger partial charge in [-0.05, 0) is 57.5 Å². The van der Waals surface area contributed by atoms with Crippen molar-refractivity contribution in [2.24, 2.45) is 0 Å². The Morgan fingerprint density at radius 3 is 2.63 bits per heavy atom. The molecule has 0 aromatic heterocycles. The first-order valence-corrected chi connectivity index (χ1v) is 7.36. The van der Waals surface area contributed by atoms with E-state index in [4.69, 9.17) is 4.74 Å². The fourth-order valence-corrected chi connectivity index (χ4v) is 2.64. The van der Waals surface area contributed by atoms with Crippen LogP contribution < -0.4 is 4.74 Å². The molecule has 0 saturated carbocycles. The van der Waals surface area contributed by atoms with Gasteiger partial charge in [0.25, 0.3) is 0 Å². The first-order chi connectivity index (χ1) is 9.20. The van der Waals surface area contributed by atoms with Crippen LogP contribution >= 0.6 is 0 Å². The Balaban J connectivity index is 2.15. The zero-order valence-electron chi connectivity index (χ0n) is 12.1. The van der Waals surface area contributed by atoms with Gasteiger partial charge in [-0.2, -0.15) is 0 Å². The quantitative estimate of drug-likeness (QED) is 0.886. The van der Waals surface area contributed by atoms with Crippen LogP contribution in [0.3, 0.4) is 0 Å². The van der Waals surface area contributed by atoms with Gasteiger partial charge in [-0.25, -0.2) is 0 Å². The maximum atomic E-state index is 9.72. The Bertz CT molecular complexity index is 398. The summed E-state index contributed by atoms with van der Waals surface area (Å²) in [4.78, 5) is 2.48. The first kappa shape index (κ1) is 14.4. The molecule has 2 rings (SSSR count). The van der Waals surface area contributed by atoms with Crippen LogP contribution in [0.15, 0.2) is 18.2 Å². The summed E-state index contributed by atoms with van der Waals surface area (Å²) in [5.41, 5.74) is 2.16. The number of aliphatic hydroxyl groups excluding tert-OH is 1. The average Bonchev–Trinajstić information content (AvgIpc) is 2.42. The van der Waals surface area contributed by atoms with Crippen molar-refractivity contribution in [1.82, 2.24) is 4.90 Å². The molecule has 1 aromatic carbocycles. The van der Waals surface area contributed by atoms with Crippen LogP contribution in [-0.2, 0) is 6.54 Å². The molecular weight excluding hydrogens is 238 g/mol. The van der Waals surface area contributed by atoms with E-state index < -0.39 is 6.10 Å². The summed E-state index contributed by atoms with van der Waals surface area (Å²) >= 11 is 0. The second-order valence-corrected chi connectivity index (χ2v) is 5.31. The van der Waals surface area contributed by atoms with Crippen molar-refractivity contribution in [1.29, 1.82) is 0 Å². The lowest BCUT2D eigenvalue weighted by Crippen LogP contribution is -2.29. The highest BCUT2D eigenvalue weighted by Crippen LogP contribution is 2.26. The van der Waals surface area contributed by atoms with Crippen LogP contribution in [0.1, 0.15) is 50.3 Å². The van der Waals surface area contributed by atoms with Gasteiger partial charge in [-0.3, -0.25) is 4.90 Å². The van der Waals surface area contributed by atoms with Crippen molar-refractivity contribution in [3.05, 3.63) is 29.3 Å². The predicted octanol–water partition coefficient (Wildman–Crippen LogP) is 3.12. The Hall–Kier alpha value is -1.06. The molecular formula is C16H25NO2. The van der Waals surface area contributed by atoms with E-state index in [1.54, 1.807) is 6.92 Å². The van der Waals surface area contributed by atoms with Crippen LogP contribution in [0, 0.1) is 0 Å².